The molecule has 31 heavy (non-hydrogen) atoms. The maximum Gasteiger partial charge on any atom is 0.254 e. The molecule has 3 heterocycles. The molecule has 1 aromatic carbocycles. The number of carbonyl (C=O) groups excluding carboxylic acids is 1. The molecule has 0 unspecified atom stereocenters. The third-order valence-electron chi connectivity index (χ3n) is 5.26. The van der Waals surface area contributed by atoms with Gasteiger partial charge in [-0.05, 0) is 44.2 Å². The number of benzene rings is 1. The van der Waals surface area contributed by atoms with Crippen LogP contribution in [0.1, 0.15) is 28.5 Å². The van der Waals surface area contributed by atoms with Crippen LogP contribution in [-0.4, -0.2) is 37.6 Å². The molecule has 0 spiro atoms. The first-order valence-electron chi connectivity index (χ1n) is 9.85. The first kappa shape index (κ1) is 21.3. The van der Waals surface area contributed by atoms with E-state index in [2.05, 4.69) is 10.1 Å². The van der Waals surface area contributed by atoms with Crippen molar-refractivity contribution in [1.29, 1.82) is 0 Å². The zero-order valence-electron chi connectivity index (χ0n) is 17.4. The highest BCUT2D eigenvalue weighted by atomic mass is 35.5. The standard InChI is InChI=1S/C23H21Cl2N5O/c1-4-30-14(2)16(11-27-30)13-29(3)23(31)20-9-22(15-7-18(25)12-26-10-15)28-21-6-5-17(24)8-19(20)21/h5-12H,4,13H2,1-3H3. The minimum atomic E-state index is -0.130. The summed E-state index contributed by atoms with van der Waals surface area (Å²) >= 11 is 12.3. The average molecular weight is 454 g/mol. The molecule has 0 N–H and O–H groups in total. The van der Waals surface area contributed by atoms with Crippen molar-refractivity contribution < 1.29 is 4.79 Å². The van der Waals surface area contributed by atoms with Crippen LogP contribution in [0.4, 0.5) is 0 Å². The van der Waals surface area contributed by atoms with Crippen LogP contribution in [0.3, 0.4) is 0 Å². The van der Waals surface area contributed by atoms with Crippen molar-refractivity contribution in [2.24, 2.45) is 0 Å². The highest BCUT2D eigenvalue weighted by Gasteiger charge is 2.20. The second kappa shape index (κ2) is 8.65. The van der Waals surface area contributed by atoms with Crippen LogP contribution in [0.5, 0.6) is 0 Å². The summed E-state index contributed by atoms with van der Waals surface area (Å²) in [6.45, 7) is 5.28. The molecule has 0 aliphatic rings. The number of halogens is 2. The summed E-state index contributed by atoms with van der Waals surface area (Å²) in [6, 6.07) is 8.89. The lowest BCUT2D eigenvalue weighted by atomic mass is 10.0. The summed E-state index contributed by atoms with van der Waals surface area (Å²) in [5, 5.41) is 6.12. The highest BCUT2D eigenvalue weighted by Crippen LogP contribution is 2.29. The van der Waals surface area contributed by atoms with E-state index in [0.717, 1.165) is 23.4 Å². The van der Waals surface area contributed by atoms with Crippen molar-refractivity contribution in [1.82, 2.24) is 24.6 Å². The molecular weight excluding hydrogens is 433 g/mol. The molecule has 158 valence electrons. The molecule has 1 amide bonds. The minimum absolute atomic E-state index is 0.130. The maximum absolute atomic E-state index is 13.5. The summed E-state index contributed by atoms with van der Waals surface area (Å²) in [7, 11) is 1.78. The van der Waals surface area contributed by atoms with Gasteiger partial charge in [0.1, 0.15) is 0 Å². The van der Waals surface area contributed by atoms with E-state index in [9.17, 15) is 4.79 Å². The number of aromatic nitrogens is 4. The van der Waals surface area contributed by atoms with Gasteiger partial charge in [0.2, 0.25) is 0 Å². The predicted molar refractivity (Wildman–Crippen MR) is 123 cm³/mol. The first-order valence-corrected chi connectivity index (χ1v) is 10.6. The molecule has 4 rings (SSSR count). The zero-order chi connectivity index (χ0) is 22.1. The van der Waals surface area contributed by atoms with Crippen LogP contribution in [0.2, 0.25) is 10.0 Å². The van der Waals surface area contributed by atoms with E-state index >= 15 is 0 Å². The van der Waals surface area contributed by atoms with Gasteiger partial charge in [0.15, 0.2) is 0 Å². The average Bonchev–Trinajstić information content (AvgIpc) is 3.11. The van der Waals surface area contributed by atoms with E-state index in [4.69, 9.17) is 28.2 Å². The molecule has 3 aromatic heterocycles. The number of hydrogen-bond donors (Lipinski definition) is 0. The largest absolute Gasteiger partial charge is 0.337 e. The Bertz CT molecular complexity index is 1280. The van der Waals surface area contributed by atoms with Crippen LogP contribution in [0, 0.1) is 6.92 Å². The fraction of sp³-hybridized carbons (Fsp3) is 0.217. The number of amides is 1. The fourth-order valence-corrected chi connectivity index (χ4v) is 3.91. The molecule has 0 aliphatic carbocycles. The molecule has 8 heteroatoms. The summed E-state index contributed by atoms with van der Waals surface area (Å²) in [5.41, 5.74) is 4.61. The number of rotatable bonds is 5. The highest BCUT2D eigenvalue weighted by molar-refractivity contribution is 6.31. The molecular formula is C23H21Cl2N5O. The third kappa shape index (κ3) is 4.27. The minimum Gasteiger partial charge on any atom is -0.337 e. The Kier molecular flexibility index (Phi) is 5.94. The first-order chi connectivity index (χ1) is 14.9. The Hall–Kier alpha value is -2.96. The Morgan fingerprint density at radius 2 is 1.90 bits per heavy atom. The smallest absolute Gasteiger partial charge is 0.254 e. The lowest BCUT2D eigenvalue weighted by Crippen LogP contribution is -2.26. The van der Waals surface area contributed by atoms with E-state index in [0.29, 0.717) is 38.8 Å². The maximum atomic E-state index is 13.5. The van der Waals surface area contributed by atoms with Gasteiger partial charge < -0.3 is 4.90 Å². The lowest BCUT2D eigenvalue weighted by Gasteiger charge is -2.19. The normalized spacial score (nSPS) is 11.1. The SMILES string of the molecule is CCn1ncc(CN(C)C(=O)c2cc(-c3cncc(Cl)c3)nc3ccc(Cl)cc23)c1C. The van der Waals surface area contributed by atoms with Crippen LogP contribution in [0.15, 0.2) is 48.9 Å². The summed E-state index contributed by atoms with van der Waals surface area (Å²) < 4.78 is 1.92. The van der Waals surface area contributed by atoms with E-state index in [1.165, 1.54) is 0 Å². The molecule has 0 aliphatic heterocycles. The molecule has 0 fully saturated rings. The molecule has 0 saturated carbocycles. The van der Waals surface area contributed by atoms with Gasteiger partial charge in [-0.1, -0.05) is 23.2 Å². The van der Waals surface area contributed by atoms with Gasteiger partial charge in [0.05, 0.1) is 28.0 Å². The number of carbonyl (C=O) groups is 1. The molecule has 0 atom stereocenters. The van der Waals surface area contributed by atoms with Crippen LogP contribution in [0.25, 0.3) is 22.2 Å². The molecule has 0 radical (unpaired) electrons. The van der Waals surface area contributed by atoms with Crippen LogP contribution in [-0.2, 0) is 13.1 Å². The van der Waals surface area contributed by atoms with E-state index < -0.39 is 0 Å². The Labute approximate surface area is 190 Å². The third-order valence-corrected chi connectivity index (χ3v) is 5.70. The Balaban J connectivity index is 1.77. The van der Waals surface area contributed by atoms with Gasteiger partial charge in [-0.15, -0.1) is 0 Å². The Morgan fingerprint density at radius 3 is 2.61 bits per heavy atom. The quantitative estimate of drug-likeness (QED) is 0.405. The number of aryl methyl sites for hydroxylation is 1. The fourth-order valence-electron chi connectivity index (χ4n) is 3.57. The Morgan fingerprint density at radius 1 is 1.10 bits per heavy atom. The van der Waals surface area contributed by atoms with Gasteiger partial charge in [-0.25, -0.2) is 4.98 Å². The molecule has 0 bridgehead atoms. The number of fused-ring (bicyclic) bond motifs is 1. The van der Waals surface area contributed by atoms with Gasteiger partial charge in [-0.3, -0.25) is 14.5 Å². The second-order valence-corrected chi connectivity index (χ2v) is 8.21. The van der Waals surface area contributed by atoms with Crippen molar-refractivity contribution in [3.05, 3.63) is 75.8 Å². The van der Waals surface area contributed by atoms with E-state index in [1.807, 2.05) is 30.8 Å². The number of hydrogen-bond acceptors (Lipinski definition) is 4. The van der Waals surface area contributed by atoms with Crippen molar-refractivity contribution >= 4 is 40.0 Å². The van der Waals surface area contributed by atoms with Crippen molar-refractivity contribution in [2.45, 2.75) is 26.9 Å². The van der Waals surface area contributed by atoms with Crippen LogP contribution >= 0.6 is 23.2 Å². The topological polar surface area (TPSA) is 63.9 Å². The predicted octanol–water partition coefficient (Wildman–Crippen LogP) is 5.40. The molecule has 0 saturated heterocycles. The van der Waals surface area contributed by atoms with Crippen molar-refractivity contribution in [3.63, 3.8) is 0 Å². The van der Waals surface area contributed by atoms with Crippen LogP contribution < -0.4 is 0 Å². The van der Waals surface area contributed by atoms with Gasteiger partial charge in [-0.2, -0.15) is 5.10 Å². The molecule has 4 aromatic rings. The monoisotopic (exact) mass is 453 g/mol. The van der Waals surface area contributed by atoms with Gasteiger partial charge >= 0.3 is 0 Å². The second-order valence-electron chi connectivity index (χ2n) is 7.34. The summed E-state index contributed by atoms with van der Waals surface area (Å²) in [4.78, 5) is 24.0. The lowest BCUT2D eigenvalue weighted by molar-refractivity contribution is 0.0787. The van der Waals surface area contributed by atoms with Gasteiger partial charge in [0, 0.05) is 59.8 Å². The van der Waals surface area contributed by atoms with Crippen molar-refractivity contribution in [3.8, 4) is 11.3 Å². The summed E-state index contributed by atoms with van der Waals surface area (Å²) in [6.07, 6.45) is 5.05. The summed E-state index contributed by atoms with van der Waals surface area (Å²) in [5.74, 6) is -0.130. The number of pyridine rings is 2. The van der Waals surface area contributed by atoms with Crippen molar-refractivity contribution in [2.75, 3.05) is 7.05 Å². The number of nitrogens with zero attached hydrogens (tertiary/aromatic N) is 5. The zero-order valence-corrected chi connectivity index (χ0v) is 18.9. The van der Waals surface area contributed by atoms with E-state index in [-0.39, 0.29) is 5.91 Å². The molecule has 6 nitrogen and oxygen atoms in total. The van der Waals surface area contributed by atoms with E-state index in [1.54, 1.807) is 48.6 Å². The van der Waals surface area contributed by atoms with Gasteiger partial charge in [0.25, 0.3) is 5.91 Å².